The van der Waals surface area contributed by atoms with Gasteiger partial charge in [-0.15, -0.1) is 0 Å². The van der Waals surface area contributed by atoms with Crippen molar-refractivity contribution in [2.45, 2.75) is 19.8 Å². The molecular formula is C21H17N3O4. The first kappa shape index (κ1) is 17.7. The van der Waals surface area contributed by atoms with Crippen molar-refractivity contribution in [3.8, 4) is 11.3 Å². The van der Waals surface area contributed by atoms with E-state index in [1.165, 1.54) is 11.6 Å². The van der Waals surface area contributed by atoms with Crippen molar-refractivity contribution in [2.24, 2.45) is 0 Å². The summed E-state index contributed by atoms with van der Waals surface area (Å²) in [5.74, 6) is -0.110. The molecule has 0 aliphatic rings. The molecule has 1 N–H and O–H groups in total. The zero-order chi connectivity index (χ0) is 19.7. The van der Waals surface area contributed by atoms with E-state index in [4.69, 9.17) is 9.05 Å². The lowest BCUT2D eigenvalue weighted by atomic mass is 10.0. The Morgan fingerprint density at radius 3 is 2.54 bits per heavy atom. The first-order valence-electron chi connectivity index (χ1n) is 8.80. The highest BCUT2D eigenvalue weighted by atomic mass is 16.6. The monoisotopic (exact) mass is 375 g/mol. The second-order valence-corrected chi connectivity index (χ2v) is 6.68. The maximum atomic E-state index is 12.6. The fourth-order valence-electron chi connectivity index (χ4n) is 2.88. The van der Waals surface area contributed by atoms with Gasteiger partial charge in [0.15, 0.2) is 5.69 Å². The molecule has 0 radical (unpaired) electrons. The van der Waals surface area contributed by atoms with E-state index in [0.29, 0.717) is 22.6 Å². The Kier molecular flexibility index (Phi) is 4.49. The first-order chi connectivity index (χ1) is 13.5. The van der Waals surface area contributed by atoms with Crippen LogP contribution in [0.1, 0.15) is 35.7 Å². The highest BCUT2D eigenvalue weighted by molar-refractivity contribution is 6.06. The summed E-state index contributed by atoms with van der Waals surface area (Å²) >= 11 is 0. The number of fused-ring (bicyclic) bond motifs is 1. The zero-order valence-electron chi connectivity index (χ0n) is 15.3. The number of hydrogen-bond donors (Lipinski definition) is 1. The molecule has 0 saturated carbocycles. The summed E-state index contributed by atoms with van der Waals surface area (Å²) in [6.07, 6.45) is 0. The van der Waals surface area contributed by atoms with Crippen molar-refractivity contribution in [1.82, 2.24) is 10.3 Å². The van der Waals surface area contributed by atoms with Crippen LogP contribution in [0.5, 0.6) is 0 Å². The third kappa shape index (κ3) is 3.29. The lowest BCUT2D eigenvalue weighted by molar-refractivity contribution is 0.102. The predicted octanol–water partition coefficient (Wildman–Crippen LogP) is 4.22. The van der Waals surface area contributed by atoms with Gasteiger partial charge in [-0.3, -0.25) is 4.79 Å². The van der Waals surface area contributed by atoms with E-state index >= 15 is 0 Å². The second kappa shape index (κ2) is 7.11. The highest BCUT2D eigenvalue weighted by Gasteiger charge is 2.19. The normalized spacial score (nSPS) is 11.1. The van der Waals surface area contributed by atoms with Crippen LogP contribution in [-0.4, -0.2) is 16.2 Å². The summed E-state index contributed by atoms with van der Waals surface area (Å²) in [5.41, 5.74) is 1.87. The summed E-state index contributed by atoms with van der Waals surface area (Å²) in [5, 5.41) is 10.9. The fraction of sp³-hybridized carbons (Fsp3) is 0.143. The lowest BCUT2D eigenvalue weighted by Gasteiger charge is -2.06. The van der Waals surface area contributed by atoms with Crippen LogP contribution < -0.4 is 10.9 Å². The fourth-order valence-corrected chi connectivity index (χ4v) is 2.88. The summed E-state index contributed by atoms with van der Waals surface area (Å²) in [4.78, 5) is 24.8. The average Bonchev–Trinajstić information content (AvgIpc) is 3.15. The van der Waals surface area contributed by atoms with Crippen LogP contribution in [0.25, 0.3) is 22.2 Å². The van der Waals surface area contributed by atoms with E-state index in [-0.39, 0.29) is 11.4 Å². The Morgan fingerprint density at radius 1 is 1.04 bits per heavy atom. The number of aromatic nitrogens is 2. The molecule has 0 spiro atoms. The molecule has 0 fully saturated rings. The smallest absolute Gasteiger partial charge is 0.349 e. The van der Waals surface area contributed by atoms with Crippen molar-refractivity contribution >= 4 is 22.7 Å². The van der Waals surface area contributed by atoms with Gasteiger partial charge in [-0.2, -0.15) is 0 Å². The van der Waals surface area contributed by atoms with Gasteiger partial charge in [0.2, 0.25) is 5.82 Å². The molecule has 0 unspecified atom stereocenters. The molecule has 28 heavy (non-hydrogen) atoms. The molecule has 0 aliphatic carbocycles. The van der Waals surface area contributed by atoms with Crippen LogP contribution >= 0.6 is 0 Å². The summed E-state index contributed by atoms with van der Waals surface area (Å²) in [7, 11) is 0. The third-order valence-corrected chi connectivity index (χ3v) is 4.46. The Hall–Kier alpha value is -3.74. The van der Waals surface area contributed by atoms with Crippen LogP contribution in [0.15, 0.2) is 68.4 Å². The van der Waals surface area contributed by atoms with Crippen LogP contribution in [-0.2, 0) is 0 Å². The number of nitrogens with zero attached hydrogens (tertiary/aromatic N) is 2. The number of para-hydroxylation sites is 1. The number of nitrogens with one attached hydrogen (secondary N) is 1. The first-order valence-corrected chi connectivity index (χ1v) is 8.80. The molecule has 4 aromatic rings. The van der Waals surface area contributed by atoms with Crippen LogP contribution in [0.2, 0.25) is 0 Å². The number of amides is 1. The van der Waals surface area contributed by atoms with Gasteiger partial charge in [0.1, 0.15) is 11.1 Å². The molecule has 2 aromatic carbocycles. The summed E-state index contributed by atoms with van der Waals surface area (Å²) < 4.78 is 10.0. The number of benzene rings is 2. The van der Waals surface area contributed by atoms with Gasteiger partial charge in [0.05, 0.1) is 0 Å². The molecule has 2 aromatic heterocycles. The maximum Gasteiger partial charge on any atom is 0.349 e. The van der Waals surface area contributed by atoms with E-state index in [0.717, 1.165) is 5.56 Å². The van der Waals surface area contributed by atoms with Gasteiger partial charge in [-0.1, -0.05) is 56.3 Å². The Morgan fingerprint density at radius 2 is 1.79 bits per heavy atom. The minimum absolute atomic E-state index is 0.122. The van der Waals surface area contributed by atoms with Gasteiger partial charge in [0.25, 0.3) is 5.91 Å². The van der Waals surface area contributed by atoms with Crippen LogP contribution in [0.4, 0.5) is 5.82 Å². The molecule has 7 heteroatoms. The van der Waals surface area contributed by atoms with E-state index in [1.54, 1.807) is 24.3 Å². The molecule has 0 bridgehead atoms. The molecule has 2 heterocycles. The van der Waals surface area contributed by atoms with Crippen molar-refractivity contribution in [1.29, 1.82) is 0 Å². The number of carbonyl (C=O) groups excluding carboxylic acids is 1. The number of anilines is 1. The quantitative estimate of drug-likeness (QED) is 0.536. The minimum atomic E-state index is -0.726. The van der Waals surface area contributed by atoms with E-state index < -0.39 is 11.5 Å². The number of carbonyl (C=O) groups is 1. The number of rotatable bonds is 4. The molecule has 140 valence electrons. The van der Waals surface area contributed by atoms with Gasteiger partial charge >= 0.3 is 5.63 Å². The lowest BCUT2D eigenvalue weighted by Crippen LogP contribution is -2.21. The largest absolute Gasteiger partial charge is 0.422 e. The van der Waals surface area contributed by atoms with Gasteiger partial charge < -0.3 is 9.73 Å². The molecular weight excluding hydrogens is 358 g/mol. The van der Waals surface area contributed by atoms with E-state index in [1.807, 2.05) is 24.3 Å². The van der Waals surface area contributed by atoms with Gasteiger partial charge in [-0.05, 0) is 33.9 Å². The van der Waals surface area contributed by atoms with E-state index in [9.17, 15) is 9.59 Å². The van der Waals surface area contributed by atoms with Crippen LogP contribution in [0, 0.1) is 0 Å². The predicted molar refractivity (Wildman–Crippen MR) is 104 cm³/mol. The molecule has 0 aliphatic heterocycles. The topological polar surface area (TPSA) is 98.2 Å². The van der Waals surface area contributed by atoms with Gasteiger partial charge in [-0.25, -0.2) is 9.42 Å². The van der Waals surface area contributed by atoms with Gasteiger partial charge in [0, 0.05) is 10.9 Å². The molecule has 7 nitrogen and oxygen atoms in total. The highest BCUT2D eigenvalue weighted by Crippen LogP contribution is 2.26. The van der Waals surface area contributed by atoms with Crippen LogP contribution in [0.3, 0.4) is 0 Å². The summed E-state index contributed by atoms with van der Waals surface area (Å²) in [6, 6.07) is 16.2. The Balaban J connectivity index is 1.64. The molecule has 1 amide bonds. The van der Waals surface area contributed by atoms with Crippen molar-refractivity contribution in [2.75, 3.05) is 5.32 Å². The molecule has 0 saturated heterocycles. The second-order valence-electron chi connectivity index (χ2n) is 6.68. The number of hydrogen-bond acceptors (Lipinski definition) is 6. The SMILES string of the molecule is CC(C)c1ccc(-c2nonc2NC(=O)c2cc3ccccc3oc2=O)cc1. The van der Waals surface area contributed by atoms with Crippen molar-refractivity contribution < 1.29 is 13.8 Å². The standard InChI is InChI=1S/C21H17N3O4/c1-12(2)13-7-9-14(10-8-13)18-19(24-28-23-18)22-20(25)16-11-15-5-3-4-6-17(15)27-21(16)26/h3-12H,1-2H3,(H,22,24,25). The third-order valence-electron chi connectivity index (χ3n) is 4.46. The summed E-state index contributed by atoms with van der Waals surface area (Å²) in [6.45, 7) is 4.21. The minimum Gasteiger partial charge on any atom is -0.422 e. The van der Waals surface area contributed by atoms with E-state index in [2.05, 4.69) is 29.5 Å². The Bertz CT molecular complexity index is 1210. The van der Waals surface area contributed by atoms with Crippen molar-refractivity contribution in [3.05, 3.63) is 76.1 Å². The molecule has 0 atom stereocenters. The Labute approximate surface area is 160 Å². The average molecular weight is 375 g/mol. The maximum absolute atomic E-state index is 12.6. The molecule has 4 rings (SSSR count). The zero-order valence-corrected chi connectivity index (χ0v) is 15.3. The van der Waals surface area contributed by atoms with Crippen molar-refractivity contribution in [3.63, 3.8) is 0 Å².